The van der Waals surface area contributed by atoms with Crippen LogP contribution in [0.5, 0.6) is 0 Å². The van der Waals surface area contributed by atoms with Crippen LogP contribution >= 0.6 is 23.1 Å². The molecule has 9 nitrogen and oxygen atoms in total. The van der Waals surface area contributed by atoms with E-state index in [1.54, 1.807) is 6.92 Å². The van der Waals surface area contributed by atoms with Gasteiger partial charge in [0, 0.05) is 0 Å². The second kappa shape index (κ2) is 5.42. The summed E-state index contributed by atoms with van der Waals surface area (Å²) >= 11 is 2.39. The number of nitrogens with one attached hydrogen (secondary N) is 1. The quantitative estimate of drug-likeness (QED) is 0.370. The van der Waals surface area contributed by atoms with Crippen molar-refractivity contribution in [1.82, 2.24) is 20.2 Å². The zero-order valence-corrected chi connectivity index (χ0v) is 11.6. The smallest absolute Gasteiger partial charge is 0.292 e. The first-order valence-electron chi connectivity index (χ1n) is 4.99. The zero-order chi connectivity index (χ0) is 14.0. The van der Waals surface area contributed by atoms with E-state index in [0.717, 1.165) is 16.8 Å². The van der Waals surface area contributed by atoms with E-state index in [-0.39, 0.29) is 22.4 Å². The van der Waals surface area contributed by atoms with E-state index in [9.17, 15) is 10.1 Å². The van der Waals surface area contributed by atoms with Crippen LogP contribution in [0.15, 0.2) is 9.37 Å². The molecule has 2 aromatic rings. The molecule has 0 unspecified atom stereocenters. The summed E-state index contributed by atoms with van der Waals surface area (Å²) in [6.45, 7) is 3.32. The number of nitrogens with two attached hydrogens (primary N) is 1. The average molecular weight is 299 g/mol. The molecule has 0 fully saturated rings. The van der Waals surface area contributed by atoms with Gasteiger partial charge in [-0.3, -0.25) is 15.5 Å². The van der Waals surface area contributed by atoms with Crippen LogP contribution < -0.4 is 11.3 Å². The van der Waals surface area contributed by atoms with Gasteiger partial charge in [-0.1, -0.05) is 11.3 Å². The molecular formula is C8H9N7O2S2. The van der Waals surface area contributed by atoms with E-state index in [1.165, 1.54) is 18.3 Å². The van der Waals surface area contributed by atoms with Gasteiger partial charge in [0.1, 0.15) is 10.7 Å². The van der Waals surface area contributed by atoms with Gasteiger partial charge < -0.3 is 0 Å². The molecule has 3 N–H and O–H groups in total. The summed E-state index contributed by atoms with van der Waals surface area (Å²) in [5.74, 6) is 5.35. The van der Waals surface area contributed by atoms with Gasteiger partial charge in [0.05, 0.1) is 4.92 Å². The van der Waals surface area contributed by atoms with Crippen LogP contribution in [0, 0.1) is 24.0 Å². The molecule has 2 rings (SSSR count). The zero-order valence-electron chi connectivity index (χ0n) is 9.95. The molecular weight excluding hydrogens is 290 g/mol. The number of hydrogen-bond acceptors (Lipinski definition) is 10. The summed E-state index contributed by atoms with van der Waals surface area (Å²) in [5.41, 5.74) is 2.35. The fourth-order valence-corrected chi connectivity index (χ4v) is 3.17. The number of nitrogen functional groups attached to an aromatic ring is 1. The van der Waals surface area contributed by atoms with Gasteiger partial charge in [-0.25, -0.2) is 10.8 Å². The van der Waals surface area contributed by atoms with Gasteiger partial charge in [-0.15, -0.1) is 10.2 Å². The molecule has 0 aliphatic heterocycles. The maximum absolute atomic E-state index is 11.1. The van der Waals surface area contributed by atoms with Crippen molar-refractivity contribution in [2.75, 3.05) is 5.43 Å². The summed E-state index contributed by atoms with van der Waals surface area (Å²) in [5, 5.41) is 19.8. The van der Waals surface area contributed by atoms with Crippen LogP contribution in [0.1, 0.15) is 10.7 Å². The Kier molecular flexibility index (Phi) is 3.87. The Morgan fingerprint density at radius 3 is 2.63 bits per heavy atom. The van der Waals surface area contributed by atoms with Crippen LogP contribution in [-0.2, 0) is 0 Å². The van der Waals surface area contributed by atoms with Gasteiger partial charge in [0.2, 0.25) is 5.95 Å². The fourth-order valence-electron chi connectivity index (χ4n) is 1.29. The maximum Gasteiger partial charge on any atom is 0.322 e. The first kappa shape index (κ1) is 13.6. The molecule has 0 aliphatic rings. The van der Waals surface area contributed by atoms with E-state index in [2.05, 4.69) is 25.6 Å². The van der Waals surface area contributed by atoms with Gasteiger partial charge >= 0.3 is 5.69 Å². The van der Waals surface area contributed by atoms with Crippen molar-refractivity contribution >= 4 is 34.7 Å². The van der Waals surface area contributed by atoms with Gasteiger partial charge in [0.15, 0.2) is 9.37 Å². The first-order valence-corrected chi connectivity index (χ1v) is 6.62. The molecule has 0 saturated carbocycles. The topological polar surface area (TPSA) is 133 Å². The first-order chi connectivity index (χ1) is 9.01. The minimum atomic E-state index is -0.522. The number of nitrogens with zero attached hydrogens (tertiary/aromatic N) is 5. The highest BCUT2D eigenvalue weighted by atomic mass is 32.2. The van der Waals surface area contributed by atoms with E-state index in [0.29, 0.717) is 4.34 Å². The lowest BCUT2D eigenvalue weighted by molar-refractivity contribution is -0.389. The highest BCUT2D eigenvalue weighted by Gasteiger charge is 2.23. The molecule has 0 radical (unpaired) electrons. The monoisotopic (exact) mass is 299 g/mol. The number of aromatic nitrogens is 4. The van der Waals surface area contributed by atoms with Crippen molar-refractivity contribution in [2.45, 2.75) is 23.2 Å². The second-order valence-corrected chi connectivity index (χ2v) is 5.79. The Hall–Kier alpha value is -1.85. The van der Waals surface area contributed by atoms with E-state index in [1.807, 2.05) is 0 Å². The van der Waals surface area contributed by atoms with Gasteiger partial charge in [0.25, 0.3) is 0 Å². The van der Waals surface area contributed by atoms with Crippen molar-refractivity contribution in [3.8, 4) is 0 Å². The molecule has 0 aromatic carbocycles. The van der Waals surface area contributed by atoms with Gasteiger partial charge in [-0.2, -0.15) is 4.98 Å². The number of hydrogen-bond donors (Lipinski definition) is 2. The minimum absolute atomic E-state index is 0.117. The lowest BCUT2D eigenvalue weighted by Gasteiger charge is -2.04. The summed E-state index contributed by atoms with van der Waals surface area (Å²) in [6.07, 6.45) is 0. The third kappa shape index (κ3) is 2.94. The summed E-state index contributed by atoms with van der Waals surface area (Å²) in [7, 11) is 0. The summed E-state index contributed by atoms with van der Waals surface area (Å²) in [6, 6.07) is 0. The molecule has 0 spiro atoms. The fraction of sp³-hybridized carbons (Fsp3) is 0.250. The van der Waals surface area contributed by atoms with Crippen LogP contribution in [-0.4, -0.2) is 25.1 Å². The van der Waals surface area contributed by atoms with Crippen LogP contribution in [0.25, 0.3) is 0 Å². The molecule has 100 valence electrons. The number of aryl methyl sites for hydroxylation is 2. The Labute approximate surface area is 115 Å². The van der Waals surface area contributed by atoms with Crippen LogP contribution in [0.3, 0.4) is 0 Å². The van der Waals surface area contributed by atoms with Crippen molar-refractivity contribution in [2.24, 2.45) is 5.84 Å². The Balaban J connectivity index is 2.47. The van der Waals surface area contributed by atoms with Gasteiger partial charge in [-0.05, 0) is 25.6 Å². The standard InChI is InChI=1S/C8H9N7O2S2/c1-3-5(15(16)17)6(11-7(10-3)12-9)19-8-14-13-4(2)18-8/h9H2,1-2H3,(H,10,11,12). The average Bonchev–Trinajstić information content (AvgIpc) is 2.73. The molecule has 11 heteroatoms. The third-order valence-electron chi connectivity index (χ3n) is 2.03. The number of nitro groups is 1. The summed E-state index contributed by atoms with van der Waals surface area (Å²) < 4.78 is 0.571. The Bertz CT molecular complexity index is 630. The van der Waals surface area contributed by atoms with Crippen LogP contribution in [0.2, 0.25) is 0 Å². The predicted molar refractivity (Wildman–Crippen MR) is 70.0 cm³/mol. The minimum Gasteiger partial charge on any atom is -0.292 e. The lowest BCUT2D eigenvalue weighted by Crippen LogP contribution is -2.12. The number of rotatable bonds is 4. The molecule has 19 heavy (non-hydrogen) atoms. The molecule has 0 aliphatic carbocycles. The molecule has 0 atom stereocenters. The highest BCUT2D eigenvalue weighted by Crippen LogP contribution is 2.36. The van der Waals surface area contributed by atoms with E-state index < -0.39 is 4.92 Å². The Morgan fingerprint density at radius 2 is 2.11 bits per heavy atom. The maximum atomic E-state index is 11.1. The van der Waals surface area contributed by atoms with Crippen molar-refractivity contribution in [3.05, 3.63) is 20.8 Å². The molecule has 2 aromatic heterocycles. The largest absolute Gasteiger partial charge is 0.322 e. The van der Waals surface area contributed by atoms with Crippen LogP contribution in [0.4, 0.5) is 11.6 Å². The molecule has 0 bridgehead atoms. The van der Waals surface area contributed by atoms with E-state index in [4.69, 9.17) is 5.84 Å². The molecule has 0 amide bonds. The Morgan fingerprint density at radius 1 is 1.37 bits per heavy atom. The lowest BCUT2D eigenvalue weighted by atomic mass is 10.4. The highest BCUT2D eigenvalue weighted by molar-refractivity contribution is 8.01. The van der Waals surface area contributed by atoms with Crippen molar-refractivity contribution in [3.63, 3.8) is 0 Å². The SMILES string of the molecule is Cc1nnc(Sc2nc(NN)nc(C)c2[N+](=O)[O-])s1. The molecule has 2 heterocycles. The molecule has 0 saturated heterocycles. The normalized spacial score (nSPS) is 10.5. The third-order valence-corrected chi connectivity index (χ3v) is 3.90. The predicted octanol–water partition coefficient (Wildman–Crippen LogP) is 1.29. The number of anilines is 1. The van der Waals surface area contributed by atoms with Crippen molar-refractivity contribution < 1.29 is 4.92 Å². The summed E-state index contributed by atoms with van der Waals surface area (Å²) in [4.78, 5) is 18.4. The number of hydrazine groups is 1. The second-order valence-electron chi connectivity index (χ2n) is 3.38. The van der Waals surface area contributed by atoms with E-state index >= 15 is 0 Å². The van der Waals surface area contributed by atoms with Crippen molar-refractivity contribution in [1.29, 1.82) is 0 Å².